The fourth-order valence-corrected chi connectivity index (χ4v) is 1.72. The second-order valence-electron chi connectivity index (χ2n) is 4.18. The van der Waals surface area contributed by atoms with E-state index in [-0.39, 0.29) is 0 Å². The van der Waals surface area contributed by atoms with Crippen molar-refractivity contribution in [2.75, 3.05) is 31.7 Å². The molecular weight excluding hydrogens is 282 g/mol. The highest BCUT2D eigenvalue weighted by Crippen LogP contribution is 2.19. The molecule has 0 fully saturated rings. The van der Waals surface area contributed by atoms with Gasteiger partial charge in [-0.15, -0.1) is 0 Å². The highest BCUT2D eigenvalue weighted by molar-refractivity contribution is 9.10. The topological polar surface area (TPSA) is 38.2 Å². The Balaban J connectivity index is 2.75. The third-order valence-corrected chi connectivity index (χ3v) is 2.79. The molecule has 0 spiro atoms. The van der Waals surface area contributed by atoms with E-state index in [9.17, 15) is 0 Å². The Bertz CT molecular complexity index is 358. The first-order valence-corrected chi connectivity index (χ1v) is 6.67. The second kappa shape index (κ2) is 6.91. The molecule has 1 heterocycles. The molecule has 0 saturated carbocycles. The van der Waals surface area contributed by atoms with Crippen molar-refractivity contribution >= 4 is 21.7 Å². The average Bonchev–Trinajstić information content (AvgIpc) is 2.28. The van der Waals surface area contributed by atoms with Crippen LogP contribution in [0, 0.1) is 0 Å². The number of rotatable bonds is 6. The van der Waals surface area contributed by atoms with Crippen LogP contribution in [0.5, 0.6) is 0 Å². The molecule has 0 bridgehead atoms. The standard InChI is InChI=1S/C12H20BrN3O/c1-5-17-7-6-16(4)11-8-10(13)14-12(15-11)9(2)3/h8-9H,5-7H2,1-4H3. The summed E-state index contributed by atoms with van der Waals surface area (Å²) in [6, 6.07) is 1.93. The Morgan fingerprint density at radius 2 is 2.12 bits per heavy atom. The minimum Gasteiger partial charge on any atom is -0.380 e. The molecular formula is C12H20BrN3O. The van der Waals surface area contributed by atoms with E-state index in [0.29, 0.717) is 12.5 Å². The SMILES string of the molecule is CCOCCN(C)c1cc(Br)nc(C(C)C)n1. The minimum absolute atomic E-state index is 0.326. The maximum Gasteiger partial charge on any atom is 0.134 e. The summed E-state index contributed by atoms with van der Waals surface area (Å²) in [6.45, 7) is 8.47. The summed E-state index contributed by atoms with van der Waals surface area (Å²) in [5.41, 5.74) is 0. The fraction of sp³-hybridized carbons (Fsp3) is 0.667. The van der Waals surface area contributed by atoms with Crippen molar-refractivity contribution in [1.82, 2.24) is 9.97 Å². The average molecular weight is 302 g/mol. The lowest BCUT2D eigenvalue weighted by Crippen LogP contribution is -2.24. The van der Waals surface area contributed by atoms with Gasteiger partial charge in [-0.05, 0) is 22.9 Å². The van der Waals surface area contributed by atoms with Gasteiger partial charge in [0, 0.05) is 32.2 Å². The molecule has 0 saturated heterocycles. The maximum atomic E-state index is 5.34. The molecule has 1 aromatic rings. The van der Waals surface area contributed by atoms with Crippen LogP contribution in [0.4, 0.5) is 5.82 Å². The van der Waals surface area contributed by atoms with Gasteiger partial charge in [-0.25, -0.2) is 9.97 Å². The molecule has 5 heteroatoms. The molecule has 0 aromatic carbocycles. The van der Waals surface area contributed by atoms with Crippen molar-refractivity contribution in [3.05, 3.63) is 16.5 Å². The van der Waals surface area contributed by atoms with Gasteiger partial charge >= 0.3 is 0 Å². The van der Waals surface area contributed by atoms with Crippen LogP contribution in [0.25, 0.3) is 0 Å². The zero-order chi connectivity index (χ0) is 12.8. The van der Waals surface area contributed by atoms with Crippen LogP contribution in [0.2, 0.25) is 0 Å². The zero-order valence-corrected chi connectivity index (χ0v) is 12.5. The van der Waals surface area contributed by atoms with E-state index in [1.54, 1.807) is 0 Å². The van der Waals surface area contributed by atoms with Gasteiger partial charge in [0.1, 0.15) is 16.2 Å². The molecule has 96 valence electrons. The van der Waals surface area contributed by atoms with Crippen LogP contribution < -0.4 is 4.90 Å². The number of nitrogens with zero attached hydrogens (tertiary/aromatic N) is 3. The molecule has 1 rings (SSSR count). The third kappa shape index (κ3) is 4.60. The maximum absolute atomic E-state index is 5.34. The van der Waals surface area contributed by atoms with Gasteiger partial charge in [0.2, 0.25) is 0 Å². The number of halogens is 1. The van der Waals surface area contributed by atoms with E-state index in [1.807, 2.05) is 20.0 Å². The first-order valence-electron chi connectivity index (χ1n) is 5.88. The second-order valence-corrected chi connectivity index (χ2v) is 4.99. The van der Waals surface area contributed by atoms with E-state index in [4.69, 9.17) is 4.74 Å². The van der Waals surface area contributed by atoms with Crippen molar-refractivity contribution < 1.29 is 4.74 Å². The normalized spacial score (nSPS) is 10.9. The largest absolute Gasteiger partial charge is 0.380 e. The van der Waals surface area contributed by atoms with Crippen LogP contribution in [-0.4, -0.2) is 36.8 Å². The molecule has 0 N–H and O–H groups in total. The van der Waals surface area contributed by atoms with E-state index in [1.165, 1.54) is 0 Å². The predicted octanol–water partition coefficient (Wildman–Crippen LogP) is 2.84. The molecule has 4 nitrogen and oxygen atoms in total. The lowest BCUT2D eigenvalue weighted by Gasteiger charge is -2.19. The molecule has 0 amide bonds. The van der Waals surface area contributed by atoms with Crippen molar-refractivity contribution in [3.63, 3.8) is 0 Å². The minimum atomic E-state index is 0.326. The molecule has 0 aliphatic carbocycles. The molecule has 0 unspecified atom stereocenters. The van der Waals surface area contributed by atoms with Crippen LogP contribution in [0.15, 0.2) is 10.7 Å². The van der Waals surface area contributed by atoms with Gasteiger partial charge in [-0.3, -0.25) is 0 Å². The summed E-state index contributed by atoms with van der Waals surface area (Å²) in [4.78, 5) is 11.0. The van der Waals surface area contributed by atoms with E-state index >= 15 is 0 Å². The monoisotopic (exact) mass is 301 g/mol. The highest BCUT2D eigenvalue weighted by atomic mass is 79.9. The first kappa shape index (κ1) is 14.4. The first-order chi connectivity index (χ1) is 8.04. The summed E-state index contributed by atoms with van der Waals surface area (Å²) in [5, 5.41) is 0. The Morgan fingerprint density at radius 3 is 2.71 bits per heavy atom. The quantitative estimate of drug-likeness (QED) is 0.598. The molecule has 1 aromatic heterocycles. The number of anilines is 1. The van der Waals surface area contributed by atoms with Crippen LogP contribution >= 0.6 is 15.9 Å². The number of aromatic nitrogens is 2. The zero-order valence-electron chi connectivity index (χ0n) is 10.9. The number of hydrogen-bond donors (Lipinski definition) is 0. The number of ether oxygens (including phenoxy) is 1. The molecule has 0 aliphatic rings. The summed E-state index contributed by atoms with van der Waals surface area (Å²) >= 11 is 3.42. The van der Waals surface area contributed by atoms with Gasteiger partial charge in [0.05, 0.1) is 6.61 Å². The molecule has 0 atom stereocenters. The lowest BCUT2D eigenvalue weighted by atomic mass is 10.2. The third-order valence-electron chi connectivity index (χ3n) is 2.38. The van der Waals surface area contributed by atoms with Crippen molar-refractivity contribution in [3.8, 4) is 0 Å². The number of likely N-dealkylation sites (N-methyl/N-ethyl adjacent to an activating group) is 1. The highest BCUT2D eigenvalue weighted by Gasteiger charge is 2.09. The lowest BCUT2D eigenvalue weighted by molar-refractivity contribution is 0.154. The van der Waals surface area contributed by atoms with Gasteiger partial charge in [-0.2, -0.15) is 0 Å². The molecule has 0 radical (unpaired) electrons. The van der Waals surface area contributed by atoms with Gasteiger partial charge in [-0.1, -0.05) is 13.8 Å². The van der Waals surface area contributed by atoms with E-state index < -0.39 is 0 Å². The Morgan fingerprint density at radius 1 is 1.41 bits per heavy atom. The van der Waals surface area contributed by atoms with Gasteiger partial charge in [0.15, 0.2) is 0 Å². The van der Waals surface area contributed by atoms with Crippen LogP contribution in [-0.2, 0) is 4.74 Å². The smallest absolute Gasteiger partial charge is 0.134 e. The van der Waals surface area contributed by atoms with E-state index in [0.717, 1.165) is 29.4 Å². The summed E-state index contributed by atoms with van der Waals surface area (Å²) in [7, 11) is 2.01. The van der Waals surface area contributed by atoms with Crippen molar-refractivity contribution in [2.45, 2.75) is 26.7 Å². The Kier molecular flexibility index (Phi) is 5.85. The number of hydrogen-bond acceptors (Lipinski definition) is 4. The summed E-state index contributed by atoms with van der Waals surface area (Å²) < 4.78 is 6.16. The van der Waals surface area contributed by atoms with Gasteiger partial charge in [0.25, 0.3) is 0 Å². The predicted molar refractivity (Wildman–Crippen MR) is 73.6 cm³/mol. The fourth-order valence-electron chi connectivity index (χ4n) is 1.34. The van der Waals surface area contributed by atoms with Crippen molar-refractivity contribution in [1.29, 1.82) is 0 Å². The Hall–Kier alpha value is -0.680. The summed E-state index contributed by atoms with van der Waals surface area (Å²) in [5.74, 6) is 2.11. The van der Waals surface area contributed by atoms with Crippen molar-refractivity contribution in [2.24, 2.45) is 0 Å². The van der Waals surface area contributed by atoms with E-state index in [2.05, 4.69) is 44.6 Å². The molecule has 0 aliphatic heterocycles. The Labute approximate surface area is 112 Å². The van der Waals surface area contributed by atoms with Crippen LogP contribution in [0.1, 0.15) is 32.5 Å². The van der Waals surface area contributed by atoms with Crippen LogP contribution in [0.3, 0.4) is 0 Å². The van der Waals surface area contributed by atoms with Gasteiger partial charge < -0.3 is 9.64 Å². The molecule has 17 heavy (non-hydrogen) atoms. The summed E-state index contributed by atoms with van der Waals surface area (Å²) in [6.07, 6.45) is 0.